The molecular formula is C10H16O5. The number of hydrogen-bond acceptors (Lipinski definition) is 4. The lowest BCUT2D eigenvalue weighted by Crippen LogP contribution is -2.03. The van der Waals surface area contributed by atoms with E-state index in [0.717, 1.165) is 0 Å². The minimum absolute atomic E-state index is 0.176. The zero-order valence-corrected chi connectivity index (χ0v) is 8.99. The van der Waals surface area contributed by atoms with Crippen molar-refractivity contribution in [3.63, 3.8) is 0 Å². The molecule has 0 aromatic rings. The number of carboxylic acids is 1. The summed E-state index contributed by atoms with van der Waals surface area (Å²) in [6, 6.07) is 0. The van der Waals surface area contributed by atoms with Gasteiger partial charge in [0.1, 0.15) is 6.29 Å². The van der Waals surface area contributed by atoms with Crippen molar-refractivity contribution in [1.82, 2.24) is 0 Å². The van der Waals surface area contributed by atoms with E-state index in [1.54, 1.807) is 6.92 Å². The van der Waals surface area contributed by atoms with Crippen molar-refractivity contribution in [2.24, 2.45) is 0 Å². The predicted molar refractivity (Wildman–Crippen MR) is 54.4 cm³/mol. The van der Waals surface area contributed by atoms with E-state index >= 15 is 0 Å². The normalized spacial score (nSPS) is 8.13. The Morgan fingerprint density at radius 1 is 1.47 bits per heavy atom. The number of carbonyl (C=O) groups is 3. The second-order valence-corrected chi connectivity index (χ2v) is 2.60. The third-order valence-corrected chi connectivity index (χ3v) is 1.14. The Labute approximate surface area is 88.7 Å². The lowest BCUT2D eigenvalue weighted by Gasteiger charge is -1.96. The number of carboxylic acid groups (broad SMARTS) is 1. The van der Waals surface area contributed by atoms with Crippen molar-refractivity contribution in [3.05, 3.63) is 12.2 Å². The lowest BCUT2D eigenvalue weighted by atomic mass is 10.3. The molecule has 0 spiro atoms. The van der Waals surface area contributed by atoms with E-state index < -0.39 is 5.97 Å². The van der Waals surface area contributed by atoms with Gasteiger partial charge in [-0.1, -0.05) is 6.58 Å². The molecule has 0 aliphatic heterocycles. The molecule has 0 saturated heterocycles. The Hall–Kier alpha value is -1.65. The first-order valence-corrected chi connectivity index (χ1v) is 4.43. The van der Waals surface area contributed by atoms with Gasteiger partial charge in [0.25, 0.3) is 0 Å². The van der Waals surface area contributed by atoms with Gasteiger partial charge in [-0.3, -0.25) is 4.79 Å². The van der Waals surface area contributed by atoms with E-state index in [-0.39, 0.29) is 24.4 Å². The maximum atomic E-state index is 10.4. The fourth-order valence-electron chi connectivity index (χ4n) is 0.410. The number of hydrogen-bond donors (Lipinski definition) is 1. The standard InChI is InChI=1S/C6H10O3.C4H6O2/c1-2-9-6(8)4-3-5-7;1-3(2)4(5)6/h5H,2-4H2,1H3;1H2,2H3,(H,5,6). The number of rotatable bonds is 5. The second kappa shape index (κ2) is 10.4. The van der Waals surface area contributed by atoms with Gasteiger partial charge >= 0.3 is 11.9 Å². The largest absolute Gasteiger partial charge is 0.478 e. The molecule has 0 unspecified atom stereocenters. The molecule has 0 aliphatic rings. The van der Waals surface area contributed by atoms with Crippen LogP contribution in [0.2, 0.25) is 0 Å². The van der Waals surface area contributed by atoms with Crippen molar-refractivity contribution in [2.75, 3.05) is 6.61 Å². The Bertz CT molecular complexity index is 220. The van der Waals surface area contributed by atoms with E-state index in [2.05, 4.69) is 11.3 Å². The third-order valence-electron chi connectivity index (χ3n) is 1.14. The van der Waals surface area contributed by atoms with Gasteiger partial charge in [-0.25, -0.2) is 4.79 Å². The molecule has 86 valence electrons. The van der Waals surface area contributed by atoms with Crippen molar-refractivity contribution in [1.29, 1.82) is 0 Å². The molecule has 0 fully saturated rings. The van der Waals surface area contributed by atoms with E-state index in [9.17, 15) is 14.4 Å². The van der Waals surface area contributed by atoms with Crippen LogP contribution in [-0.4, -0.2) is 29.9 Å². The van der Waals surface area contributed by atoms with Crippen LogP contribution in [0.1, 0.15) is 26.7 Å². The highest BCUT2D eigenvalue weighted by Gasteiger charge is 1.97. The molecule has 0 aromatic carbocycles. The van der Waals surface area contributed by atoms with Gasteiger partial charge in [-0.05, 0) is 13.8 Å². The van der Waals surface area contributed by atoms with Crippen LogP contribution < -0.4 is 0 Å². The average Bonchev–Trinajstić information content (AvgIpc) is 2.16. The first kappa shape index (κ1) is 15.8. The van der Waals surface area contributed by atoms with Gasteiger partial charge in [0.15, 0.2) is 0 Å². The second-order valence-electron chi connectivity index (χ2n) is 2.60. The Kier molecular flexibility index (Phi) is 11.0. The summed E-state index contributed by atoms with van der Waals surface area (Å²) in [4.78, 5) is 29.7. The molecule has 0 saturated carbocycles. The summed E-state index contributed by atoms with van der Waals surface area (Å²) in [5.41, 5.74) is 0.176. The Morgan fingerprint density at radius 2 is 1.93 bits per heavy atom. The van der Waals surface area contributed by atoms with Crippen LogP contribution >= 0.6 is 0 Å². The van der Waals surface area contributed by atoms with Gasteiger partial charge in [-0.15, -0.1) is 0 Å². The fraction of sp³-hybridized carbons (Fsp3) is 0.500. The molecule has 0 heterocycles. The molecule has 15 heavy (non-hydrogen) atoms. The zero-order valence-electron chi connectivity index (χ0n) is 8.99. The van der Waals surface area contributed by atoms with Gasteiger partial charge in [0, 0.05) is 12.0 Å². The maximum absolute atomic E-state index is 10.4. The van der Waals surface area contributed by atoms with Crippen molar-refractivity contribution in [2.45, 2.75) is 26.7 Å². The molecule has 0 aromatic heterocycles. The highest BCUT2D eigenvalue weighted by molar-refractivity contribution is 5.84. The van der Waals surface area contributed by atoms with Crippen LogP contribution in [0.25, 0.3) is 0 Å². The Balaban J connectivity index is 0. The molecule has 0 aliphatic carbocycles. The minimum atomic E-state index is -0.935. The van der Waals surface area contributed by atoms with Gasteiger partial charge < -0.3 is 14.6 Å². The number of carbonyl (C=O) groups excluding carboxylic acids is 2. The van der Waals surface area contributed by atoms with Crippen LogP contribution in [-0.2, 0) is 19.1 Å². The van der Waals surface area contributed by atoms with Crippen LogP contribution in [0.4, 0.5) is 0 Å². The summed E-state index contributed by atoms with van der Waals surface area (Å²) in [6.07, 6.45) is 1.17. The Morgan fingerprint density at radius 3 is 2.20 bits per heavy atom. The molecule has 5 heteroatoms. The molecule has 0 atom stereocenters. The quantitative estimate of drug-likeness (QED) is 0.424. The molecule has 5 nitrogen and oxygen atoms in total. The molecule has 0 amide bonds. The zero-order chi connectivity index (χ0) is 12.3. The van der Waals surface area contributed by atoms with Gasteiger partial charge in [-0.2, -0.15) is 0 Å². The number of ether oxygens (including phenoxy) is 1. The lowest BCUT2D eigenvalue weighted by molar-refractivity contribution is -0.143. The van der Waals surface area contributed by atoms with E-state index in [1.807, 2.05) is 0 Å². The van der Waals surface area contributed by atoms with Crippen molar-refractivity contribution in [3.8, 4) is 0 Å². The van der Waals surface area contributed by atoms with Crippen LogP contribution in [0.5, 0.6) is 0 Å². The van der Waals surface area contributed by atoms with Crippen LogP contribution in [0, 0.1) is 0 Å². The van der Waals surface area contributed by atoms with Crippen LogP contribution in [0.15, 0.2) is 12.2 Å². The topological polar surface area (TPSA) is 80.7 Å². The molecule has 0 radical (unpaired) electrons. The molecule has 0 bridgehead atoms. The summed E-state index contributed by atoms with van der Waals surface area (Å²) < 4.78 is 4.55. The summed E-state index contributed by atoms with van der Waals surface area (Å²) in [7, 11) is 0. The average molecular weight is 216 g/mol. The third kappa shape index (κ3) is 15.1. The summed E-state index contributed by atoms with van der Waals surface area (Å²) in [5, 5.41) is 7.89. The summed E-state index contributed by atoms with van der Waals surface area (Å²) >= 11 is 0. The first-order chi connectivity index (χ1) is 6.95. The van der Waals surface area contributed by atoms with Gasteiger partial charge in [0.2, 0.25) is 0 Å². The maximum Gasteiger partial charge on any atom is 0.330 e. The summed E-state index contributed by atoms with van der Waals surface area (Å²) in [5.74, 6) is -1.24. The number of aliphatic carboxylic acids is 1. The minimum Gasteiger partial charge on any atom is -0.478 e. The summed E-state index contributed by atoms with van der Waals surface area (Å²) in [6.45, 7) is 6.72. The number of aldehydes is 1. The predicted octanol–water partition coefficient (Wildman–Crippen LogP) is 1.18. The monoisotopic (exact) mass is 216 g/mol. The fourth-order valence-corrected chi connectivity index (χ4v) is 0.410. The van der Waals surface area contributed by atoms with Crippen molar-refractivity contribution < 1.29 is 24.2 Å². The van der Waals surface area contributed by atoms with Gasteiger partial charge in [0.05, 0.1) is 13.0 Å². The highest BCUT2D eigenvalue weighted by atomic mass is 16.5. The van der Waals surface area contributed by atoms with Crippen LogP contribution in [0.3, 0.4) is 0 Å². The van der Waals surface area contributed by atoms with Crippen molar-refractivity contribution >= 4 is 18.2 Å². The SMILES string of the molecule is C=C(C)C(=O)O.CCOC(=O)CCC=O. The molecular weight excluding hydrogens is 200 g/mol. The van der Waals surface area contributed by atoms with E-state index in [4.69, 9.17) is 5.11 Å². The number of esters is 1. The smallest absolute Gasteiger partial charge is 0.330 e. The van der Waals surface area contributed by atoms with E-state index in [1.165, 1.54) is 6.92 Å². The van der Waals surface area contributed by atoms with E-state index in [0.29, 0.717) is 12.9 Å². The molecule has 1 N–H and O–H groups in total. The highest BCUT2D eigenvalue weighted by Crippen LogP contribution is 1.88. The first-order valence-electron chi connectivity index (χ1n) is 4.43. The molecule has 0 rings (SSSR count).